The van der Waals surface area contributed by atoms with E-state index in [1.165, 1.54) is 6.34 Å². The van der Waals surface area contributed by atoms with E-state index in [0.29, 0.717) is 11.3 Å². The van der Waals surface area contributed by atoms with Crippen LogP contribution in [0, 0.1) is 0 Å². The Morgan fingerprint density at radius 3 is 3.00 bits per heavy atom. The summed E-state index contributed by atoms with van der Waals surface area (Å²) in [5.41, 5.74) is 1.03. The van der Waals surface area contributed by atoms with Crippen molar-refractivity contribution in [2.75, 3.05) is 14.1 Å². The van der Waals surface area contributed by atoms with Gasteiger partial charge in [-0.1, -0.05) is 0 Å². The number of halogens is 1. The Morgan fingerprint density at radius 2 is 2.35 bits per heavy atom. The highest BCUT2D eigenvalue weighted by Gasteiger charge is 2.10. The van der Waals surface area contributed by atoms with Crippen LogP contribution in [0.25, 0.3) is 5.65 Å². The summed E-state index contributed by atoms with van der Waals surface area (Å²) in [4.78, 5) is 21.4. The van der Waals surface area contributed by atoms with Gasteiger partial charge in [-0.3, -0.25) is 4.79 Å². The molecule has 2 heterocycles. The summed E-state index contributed by atoms with van der Waals surface area (Å²) in [5, 5.41) is 0. The molecule has 0 unspecified atom stereocenters. The third kappa shape index (κ3) is 2.52. The number of carbonyl (C=O) groups is 1. The number of rotatable bonds is 2. The van der Waals surface area contributed by atoms with Crippen LogP contribution in [0.15, 0.2) is 34.0 Å². The normalized spacial score (nSPS) is 11.2. The van der Waals surface area contributed by atoms with Gasteiger partial charge in [0.05, 0.1) is 10.8 Å². The maximum atomic E-state index is 11.7. The SMILES string of the molecule is CN(C)C=NC(=O)c1cn2cccc(Br)c2n1. The molecule has 0 N–H and O–H groups in total. The van der Waals surface area contributed by atoms with Crippen molar-refractivity contribution in [3.8, 4) is 0 Å². The summed E-state index contributed by atoms with van der Waals surface area (Å²) in [6, 6.07) is 3.75. The lowest BCUT2D eigenvalue weighted by molar-refractivity contribution is 0.0998. The molecule has 88 valence electrons. The van der Waals surface area contributed by atoms with Crippen LogP contribution in [-0.2, 0) is 0 Å². The third-order valence-electron chi connectivity index (χ3n) is 2.06. The first-order chi connectivity index (χ1) is 8.08. The van der Waals surface area contributed by atoms with Crippen LogP contribution in [0.2, 0.25) is 0 Å². The second-order valence-corrected chi connectivity index (χ2v) is 4.58. The fourth-order valence-electron chi connectivity index (χ4n) is 1.32. The minimum Gasteiger partial charge on any atom is -0.369 e. The molecule has 0 fully saturated rings. The lowest BCUT2D eigenvalue weighted by Crippen LogP contribution is -2.09. The molecule has 0 saturated carbocycles. The number of pyridine rings is 1. The van der Waals surface area contributed by atoms with E-state index in [4.69, 9.17) is 0 Å². The predicted octanol–water partition coefficient (Wildman–Crippen LogP) is 1.83. The molecule has 0 aromatic carbocycles. The summed E-state index contributed by atoms with van der Waals surface area (Å²) in [5.74, 6) is -0.352. The van der Waals surface area contributed by atoms with Crippen molar-refractivity contribution in [3.63, 3.8) is 0 Å². The Hall–Kier alpha value is -1.69. The van der Waals surface area contributed by atoms with Gasteiger partial charge in [-0.2, -0.15) is 4.99 Å². The molecule has 0 aliphatic carbocycles. The summed E-state index contributed by atoms with van der Waals surface area (Å²) in [6.07, 6.45) is 4.95. The Morgan fingerprint density at radius 1 is 1.59 bits per heavy atom. The number of hydrogen-bond acceptors (Lipinski definition) is 2. The molecule has 6 heteroatoms. The number of aromatic nitrogens is 2. The number of aliphatic imine (C=N–C) groups is 1. The molecule has 0 atom stereocenters. The Bertz CT molecular complexity index is 588. The van der Waals surface area contributed by atoms with Crippen molar-refractivity contribution in [1.29, 1.82) is 0 Å². The zero-order chi connectivity index (χ0) is 12.4. The van der Waals surface area contributed by atoms with Gasteiger partial charge in [-0.05, 0) is 28.1 Å². The Labute approximate surface area is 107 Å². The van der Waals surface area contributed by atoms with Crippen LogP contribution < -0.4 is 0 Å². The van der Waals surface area contributed by atoms with Crippen molar-refractivity contribution >= 4 is 33.8 Å². The number of nitrogens with zero attached hydrogens (tertiary/aromatic N) is 4. The number of amides is 1. The quantitative estimate of drug-likeness (QED) is 0.627. The van der Waals surface area contributed by atoms with Gasteiger partial charge in [0, 0.05) is 26.5 Å². The van der Waals surface area contributed by atoms with Crippen molar-refractivity contribution < 1.29 is 4.79 Å². The van der Waals surface area contributed by atoms with Crippen LogP contribution in [0.4, 0.5) is 0 Å². The summed E-state index contributed by atoms with van der Waals surface area (Å²) in [6.45, 7) is 0. The van der Waals surface area contributed by atoms with Gasteiger partial charge in [-0.25, -0.2) is 4.98 Å². The standard InChI is InChI=1S/C11H11BrN4O/c1-15(2)7-13-11(17)9-6-16-5-3-4-8(12)10(16)14-9/h3-7H,1-2H3. The molecule has 2 rings (SSSR count). The summed E-state index contributed by atoms with van der Waals surface area (Å²) < 4.78 is 2.62. The van der Waals surface area contributed by atoms with E-state index in [1.807, 2.05) is 18.3 Å². The van der Waals surface area contributed by atoms with Crippen molar-refractivity contribution in [1.82, 2.24) is 14.3 Å². The number of carbonyl (C=O) groups excluding carboxylic acids is 1. The molecule has 1 amide bonds. The minimum atomic E-state index is -0.352. The lowest BCUT2D eigenvalue weighted by Gasteiger charge is -2.00. The van der Waals surface area contributed by atoms with E-state index in [-0.39, 0.29) is 5.91 Å². The molecular formula is C11H11BrN4O. The van der Waals surface area contributed by atoms with Gasteiger partial charge in [0.2, 0.25) is 0 Å². The highest BCUT2D eigenvalue weighted by atomic mass is 79.9. The minimum absolute atomic E-state index is 0.329. The van der Waals surface area contributed by atoms with Gasteiger partial charge in [0.15, 0.2) is 5.65 Å². The fraction of sp³-hybridized carbons (Fsp3) is 0.182. The highest BCUT2D eigenvalue weighted by Crippen LogP contribution is 2.17. The van der Waals surface area contributed by atoms with E-state index in [0.717, 1.165) is 4.47 Å². The smallest absolute Gasteiger partial charge is 0.298 e. The zero-order valence-corrected chi connectivity index (χ0v) is 11.0. The van der Waals surface area contributed by atoms with E-state index in [2.05, 4.69) is 25.9 Å². The van der Waals surface area contributed by atoms with E-state index >= 15 is 0 Å². The second kappa shape index (κ2) is 4.67. The molecule has 17 heavy (non-hydrogen) atoms. The molecule has 0 saturated heterocycles. The average Bonchev–Trinajstić information content (AvgIpc) is 2.71. The topological polar surface area (TPSA) is 50.0 Å². The fourth-order valence-corrected chi connectivity index (χ4v) is 1.76. The number of hydrogen-bond donors (Lipinski definition) is 0. The van der Waals surface area contributed by atoms with Crippen LogP contribution in [-0.4, -0.2) is 40.6 Å². The monoisotopic (exact) mass is 294 g/mol. The zero-order valence-electron chi connectivity index (χ0n) is 9.46. The maximum absolute atomic E-state index is 11.7. The largest absolute Gasteiger partial charge is 0.369 e. The van der Waals surface area contributed by atoms with E-state index in [1.54, 1.807) is 29.6 Å². The first kappa shape index (κ1) is 11.8. The van der Waals surface area contributed by atoms with Gasteiger partial charge >= 0.3 is 0 Å². The molecule has 0 bridgehead atoms. The van der Waals surface area contributed by atoms with Gasteiger partial charge in [0.1, 0.15) is 5.69 Å². The molecule has 2 aromatic rings. The van der Waals surface area contributed by atoms with Crippen molar-refractivity contribution in [2.45, 2.75) is 0 Å². The van der Waals surface area contributed by atoms with Crippen molar-refractivity contribution in [2.24, 2.45) is 4.99 Å². The summed E-state index contributed by atoms with van der Waals surface area (Å²) >= 11 is 3.38. The van der Waals surface area contributed by atoms with Crippen LogP contribution in [0.1, 0.15) is 10.5 Å². The number of fused-ring (bicyclic) bond motifs is 1. The van der Waals surface area contributed by atoms with E-state index < -0.39 is 0 Å². The molecule has 5 nitrogen and oxygen atoms in total. The second-order valence-electron chi connectivity index (χ2n) is 3.73. The molecule has 2 aromatic heterocycles. The van der Waals surface area contributed by atoms with Crippen LogP contribution >= 0.6 is 15.9 Å². The van der Waals surface area contributed by atoms with Gasteiger partial charge in [0.25, 0.3) is 5.91 Å². The molecule has 0 spiro atoms. The first-order valence-corrected chi connectivity index (χ1v) is 5.75. The highest BCUT2D eigenvalue weighted by molar-refractivity contribution is 9.10. The van der Waals surface area contributed by atoms with Gasteiger partial charge < -0.3 is 9.30 Å². The van der Waals surface area contributed by atoms with E-state index in [9.17, 15) is 4.79 Å². The lowest BCUT2D eigenvalue weighted by atomic mass is 10.5. The van der Waals surface area contributed by atoms with Crippen LogP contribution in [0.3, 0.4) is 0 Å². The average molecular weight is 295 g/mol. The molecule has 0 aliphatic rings. The maximum Gasteiger partial charge on any atom is 0.298 e. The third-order valence-corrected chi connectivity index (χ3v) is 2.68. The van der Waals surface area contributed by atoms with Crippen molar-refractivity contribution in [3.05, 3.63) is 34.7 Å². The predicted molar refractivity (Wildman–Crippen MR) is 69.4 cm³/mol. The molecular weight excluding hydrogens is 284 g/mol. The Balaban J connectivity index is 2.37. The Kier molecular flexibility index (Phi) is 3.23. The number of imidazole rings is 1. The van der Waals surface area contributed by atoms with Gasteiger partial charge in [-0.15, -0.1) is 0 Å². The van der Waals surface area contributed by atoms with Crippen LogP contribution in [0.5, 0.6) is 0 Å². The summed E-state index contributed by atoms with van der Waals surface area (Å²) in [7, 11) is 3.61. The first-order valence-electron chi connectivity index (χ1n) is 4.96. The molecule has 0 radical (unpaired) electrons. The molecule has 0 aliphatic heterocycles.